The molecule has 1 aliphatic carbocycles. The molecule has 0 aromatic heterocycles. The van der Waals surface area contributed by atoms with Crippen LogP contribution in [0.3, 0.4) is 0 Å². The summed E-state index contributed by atoms with van der Waals surface area (Å²) in [4.78, 5) is 61.2. The second kappa shape index (κ2) is 7.53. The third-order valence-electron chi connectivity index (χ3n) is 5.17. The maximum Gasteiger partial charge on any atom is 0.249 e. The lowest BCUT2D eigenvalue weighted by atomic mass is 9.81. The van der Waals surface area contributed by atoms with Gasteiger partial charge in [0, 0.05) is 19.4 Å². The molecule has 9 heteroatoms. The van der Waals surface area contributed by atoms with E-state index in [-0.39, 0.29) is 18.6 Å². The van der Waals surface area contributed by atoms with Crippen LogP contribution in [-0.2, 0) is 24.0 Å². The van der Waals surface area contributed by atoms with Crippen LogP contribution in [0.15, 0.2) is 0 Å². The van der Waals surface area contributed by atoms with Gasteiger partial charge in [0.15, 0.2) is 0 Å². The summed E-state index contributed by atoms with van der Waals surface area (Å²) in [7, 11) is 0. The Morgan fingerprint density at radius 1 is 1.27 bits per heavy atom. The number of rotatable bonds is 5. The minimum absolute atomic E-state index is 0.00213. The Morgan fingerprint density at radius 2 is 1.92 bits per heavy atom. The number of primary amides is 1. The van der Waals surface area contributed by atoms with Crippen molar-refractivity contribution >= 4 is 29.4 Å². The lowest BCUT2D eigenvalue weighted by Gasteiger charge is -2.28. The van der Waals surface area contributed by atoms with Gasteiger partial charge in [-0.2, -0.15) is 0 Å². The summed E-state index contributed by atoms with van der Waals surface area (Å²) in [6.07, 6.45) is 1.11. The molecule has 5 N–H and O–H groups in total. The van der Waals surface area contributed by atoms with Crippen molar-refractivity contribution in [2.45, 2.75) is 58.0 Å². The highest BCUT2D eigenvalue weighted by Crippen LogP contribution is 2.40. The first-order valence-corrected chi connectivity index (χ1v) is 8.73. The monoisotopic (exact) mass is 366 g/mol. The van der Waals surface area contributed by atoms with Gasteiger partial charge in [-0.1, -0.05) is 13.8 Å². The zero-order valence-electron chi connectivity index (χ0n) is 15.1. The van der Waals surface area contributed by atoms with Crippen molar-refractivity contribution in [3.05, 3.63) is 0 Å². The molecule has 0 aromatic rings. The largest absolute Gasteiger partial charge is 0.370 e. The third kappa shape index (κ3) is 4.27. The van der Waals surface area contributed by atoms with Crippen molar-refractivity contribution in [2.75, 3.05) is 6.54 Å². The molecular formula is C17H26N4O5. The van der Waals surface area contributed by atoms with Crippen LogP contribution in [0.25, 0.3) is 0 Å². The Labute approximate surface area is 151 Å². The normalized spacial score (nSPS) is 25.8. The number of imide groups is 1. The van der Waals surface area contributed by atoms with E-state index in [9.17, 15) is 24.0 Å². The van der Waals surface area contributed by atoms with Crippen LogP contribution >= 0.6 is 0 Å². The van der Waals surface area contributed by atoms with Crippen LogP contribution < -0.4 is 16.8 Å². The van der Waals surface area contributed by atoms with Crippen molar-refractivity contribution < 1.29 is 24.0 Å². The first-order chi connectivity index (χ1) is 12.0. The van der Waals surface area contributed by atoms with Gasteiger partial charge in [-0.25, -0.2) is 0 Å². The molecule has 2 rings (SSSR count). The van der Waals surface area contributed by atoms with Crippen LogP contribution in [0.4, 0.5) is 0 Å². The second-order valence-electron chi connectivity index (χ2n) is 7.78. The molecule has 1 aliphatic heterocycles. The number of hydrogen-bond donors (Lipinski definition) is 3. The summed E-state index contributed by atoms with van der Waals surface area (Å²) in [6, 6.07) is -1.92. The number of nitrogens with two attached hydrogens (primary N) is 2. The maximum atomic E-state index is 12.5. The van der Waals surface area contributed by atoms with Crippen molar-refractivity contribution in [1.82, 2.24) is 10.2 Å². The van der Waals surface area contributed by atoms with E-state index in [1.54, 1.807) is 0 Å². The number of carbonyl (C=O) groups is 5. The standard InChI is InChI=1S/C17H26N4O5/c1-17(2)8-9(22)6-10(17)14(24)20-15(25)12-4-3-5-21(12)16(26)11(18)7-13(19)23/h10-12H,3-8,18H2,1-2H3,(H2,19,23)(H,20,24,25)/t10?,11-,12-/m0/s1. The Kier molecular flexibility index (Phi) is 5.80. The van der Waals surface area contributed by atoms with Gasteiger partial charge in [-0.3, -0.25) is 29.3 Å². The van der Waals surface area contributed by atoms with E-state index >= 15 is 0 Å². The van der Waals surface area contributed by atoms with Crippen molar-refractivity contribution in [2.24, 2.45) is 22.8 Å². The molecule has 9 nitrogen and oxygen atoms in total. The zero-order chi connectivity index (χ0) is 19.6. The molecule has 144 valence electrons. The number of likely N-dealkylation sites (tertiary alicyclic amines) is 1. The lowest BCUT2D eigenvalue weighted by molar-refractivity contribution is -0.143. The SMILES string of the molecule is CC1(C)CC(=O)CC1C(=O)NC(=O)[C@@H]1CCCN1C(=O)[C@@H](N)CC(N)=O. The summed E-state index contributed by atoms with van der Waals surface area (Å²) in [5.41, 5.74) is 10.2. The molecule has 1 unspecified atom stereocenters. The Balaban J connectivity index is 2.02. The quantitative estimate of drug-likeness (QED) is 0.521. The van der Waals surface area contributed by atoms with E-state index in [4.69, 9.17) is 11.5 Å². The van der Waals surface area contributed by atoms with Gasteiger partial charge in [-0.05, 0) is 18.3 Å². The van der Waals surface area contributed by atoms with Crippen molar-refractivity contribution in [3.63, 3.8) is 0 Å². The molecular weight excluding hydrogens is 340 g/mol. The number of nitrogens with one attached hydrogen (secondary N) is 1. The zero-order valence-corrected chi connectivity index (χ0v) is 15.1. The molecule has 1 saturated carbocycles. The predicted octanol–water partition coefficient (Wildman–Crippen LogP) is -1.17. The van der Waals surface area contributed by atoms with Gasteiger partial charge in [-0.15, -0.1) is 0 Å². The van der Waals surface area contributed by atoms with E-state index in [1.165, 1.54) is 4.90 Å². The topological polar surface area (TPSA) is 153 Å². The average molecular weight is 366 g/mol. The summed E-state index contributed by atoms with van der Waals surface area (Å²) in [6.45, 7) is 3.97. The maximum absolute atomic E-state index is 12.5. The van der Waals surface area contributed by atoms with Gasteiger partial charge in [0.2, 0.25) is 23.6 Å². The molecule has 1 saturated heterocycles. The molecule has 4 amide bonds. The third-order valence-corrected chi connectivity index (χ3v) is 5.17. The summed E-state index contributed by atoms with van der Waals surface area (Å²) >= 11 is 0. The van der Waals surface area contributed by atoms with E-state index in [0.717, 1.165) is 0 Å². The molecule has 1 heterocycles. The smallest absolute Gasteiger partial charge is 0.249 e. The molecule has 2 aliphatic rings. The van der Waals surface area contributed by atoms with E-state index in [1.807, 2.05) is 13.8 Å². The van der Waals surface area contributed by atoms with Crippen LogP contribution in [0, 0.1) is 11.3 Å². The van der Waals surface area contributed by atoms with Gasteiger partial charge in [0.05, 0.1) is 18.4 Å². The van der Waals surface area contributed by atoms with E-state index in [2.05, 4.69) is 5.32 Å². The molecule has 3 atom stereocenters. The van der Waals surface area contributed by atoms with Crippen LogP contribution in [0.2, 0.25) is 0 Å². The first kappa shape index (κ1) is 20.0. The highest BCUT2D eigenvalue weighted by Gasteiger charge is 2.45. The Bertz CT molecular complexity index is 645. The predicted molar refractivity (Wildman–Crippen MR) is 91.2 cm³/mol. The number of Topliss-reactive ketones (excluding diaryl/α,β-unsaturated/α-hetero) is 1. The van der Waals surface area contributed by atoms with Gasteiger partial charge >= 0.3 is 0 Å². The minimum atomic E-state index is -1.11. The summed E-state index contributed by atoms with van der Waals surface area (Å²) in [5.74, 6) is -2.88. The number of ketones is 1. The highest BCUT2D eigenvalue weighted by molar-refractivity contribution is 6.03. The van der Waals surface area contributed by atoms with Gasteiger partial charge < -0.3 is 16.4 Å². The number of carbonyl (C=O) groups excluding carboxylic acids is 5. The van der Waals surface area contributed by atoms with Crippen molar-refractivity contribution in [1.29, 1.82) is 0 Å². The van der Waals surface area contributed by atoms with E-state index < -0.39 is 47.0 Å². The molecule has 0 aromatic carbocycles. The molecule has 0 radical (unpaired) electrons. The molecule has 0 spiro atoms. The number of amides is 4. The number of hydrogen-bond acceptors (Lipinski definition) is 6. The van der Waals surface area contributed by atoms with Crippen molar-refractivity contribution in [3.8, 4) is 0 Å². The second-order valence-corrected chi connectivity index (χ2v) is 7.78. The lowest BCUT2D eigenvalue weighted by Crippen LogP contribution is -2.53. The Morgan fingerprint density at radius 3 is 2.46 bits per heavy atom. The molecule has 26 heavy (non-hydrogen) atoms. The van der Waals surface area contributed by atoms with E-state index in [0.29, 0.717) is 25.8 Å². The fourth-order valence-electron chi connectivity index (χ4n) is 3.77. The first-order valence-electron chi connectivity index (χ1n) is 8.73. The number of nitrogens with zero attached hydrogens (tertiary/aromatic N) is 1. The summed E-state index contributed by atoms with van der Waals surface area (Å²) < 4.78 is 0. The average Bonchev–Trinajstić information content (AvgIpc) is 3.09. The fourth-order valence-corrected chi connectivity index (χ4v) is 3.77. The van der Waals surface area contributed by atoms with Crippen LogP contribution in [0.5, 0.6) is 0 Å². The molecule has 0 bridgehead atoms. The van der Waals surface area contributed by atoms with Crippen LogP contribution in [0.1, 0.15) is 46.0 Å². The van der Waals surface area contributed by atoms with Gasteiger partial charge in [0.1, 0.15) is 11.8 Å². The van der Waals surface area contributed by atoms with Gasteiger partial charge in [0.25, 0.3) is 0 Å². The summed E-state index contributed by atoms with van der Waals surface area (Å²) in [5, 5.41) is 2.35. The van der Waals surface area contributed by atoms with Crippen LogP contribution in [-0.4, -0.2) is 52.9 Å². The molecule has 2 fully saturated rings. The minimum Gasteiger partial charge on any atom is -0.370 e. The fraction of sp³-hybridized carbons (Fsp3) is 0.706. The Hall–Kier alpha value is -2.29. The highest BCUT2D eigenvalue weighted by atomic mass is 16.2.